The molecular weight excluding hydrogens is 469 g/mol. The summed E-state index contributed by atoms with van der Waals surface area (Å²) in [5.74, 6) is -1.17. The van der Waals surface area contributed by atoms with E-state index in [0.29, 0.717) is 34.4 Å². The average molecular weight is 482 g/mol. The van der Waals surface area contributed by atoms with E-state index < -0.39 is 29.4 Å². The molecule has 2 heterocycles. The molecule has 33 heavy (non-hydrogen) atoms. The number of furan rings is 1. The molecule has 2 aromatic carbocycles. The molecule has 1 saturated heterocycles. The highest BCUT2D eigenvalue weighted by molar-refractivity contribution is 8.18. The summed E-state index contributed by atoms with van der Waals surface area (Å²) >= 11 is 6.36. The Labute approximate surface area is 196 Å². The van der Waals surface area contributed by atoms with Crippen molar-refractivity contribution in [3.8, 4) is 17.4 Å². The first kappa shape index (κ1) is 22.3. The molecular formula is C23H13ClFN3O4S. The van der Waals surface area contributed by atoms with Gasteiger partial charge in [0, 0.05) is 17.3 Å². The summed E-state index contributed by atoms with van der Waals surface area (Å²) < 4.78 is 19.0. The topological polar surface area (TPSA) is 103 Å². The number of imide groups is 1. The van der Waals surface area contributed by atoms with Crippen molar-refractivity contribution < 1.29 is 23.2 Å². The van der Waals surface area contributed by atoms with Gasteiger partial charge in [0.15, 0.2) is 0 Å². The van der Waals surface area contributed by atoms with Crippen molar-refractivity contribution in [2.75, 3.05) is 11.9 Å². The van der Waals surface area contributed by atoms with Crippen LogP contribution in [0.1, 0.15) is 11.3 Å². The first-order valence-electron chi connectivity index (χ1n) is 9.45. The first-order valence-corrected chi connectivity index (χ1v) is 10.6. The molecule has 1 N–H and O–H groups in total. The van der Waals surface area contributed by atoms with E-state index >= 15 is 0 Å². The van der Waals surface area contributed by atoms with Crippen LogP contribution >= 0.6 is 23.4 Å². The second kappa shape index (κ2) is 9.32. The van der Waals surface area contributed by atoms with E-state index in [4.69, 9.17) is 16.0 Å². The third kappa shape index (κ3) is 4.82. The molecule has 0 spiro atoms. The SMILES string of the molecule is N#Cc1ccccc1-c1ccc(/C=C2/SC(=O)N(CC(=O)Nc3ccc(F)c(Cl)c3)C2=O)o1. The lowest BCUT2D eigenvalue weighted by Crippen LogP contribution is -2.36. The van der Waals surface area contributed by atoms with Crippen LogP contribution in [0, 0.1) is 17.1 Å². The van der Waals surface area contributed by atoms with Gasteiger partial charge in [-0.25, -0.2) is 4.39 Å². The lowest BCUT2D eigenvalue weighted by atomic mass is 10.1. The van der Waals surface area contributed by atoms with E-state index in [1.54, 1.807) is 36.4 Å². The maximum absolute atomic E-state index is 13.3. The van der Waals surface area contributed by atoms with Gasteiger partial charge in [0.2, 0.25) is 5.91 Å². The summed E-state index contributed by atoms with van der Waals surface area (Å²) in [7, 11) is 0. The largest absolute Gasteiger partial charge is 0.457 e. The van der Waals surface area contributed by atoms with Crippen LogP contribution in [0.15, 0.2) is 63.9 Å². The van der Waals surface area contributed by atoms with Crippen LogP contribution in [0.3, 0.4) is 0 Å². The number of benzene rings is 2. The summed E-state index contributed by atoms with van der Waals surface area (Å²) in [4.78, 5) is 38.1. The number of nitrogens with one attached hydrogen (secondary N) is 1. The minimum absolute atomic E-state index is 0.0899. The van der Waals surface area contributed by atoms with E-state index in [2.05, 4.69) is 11.4 Å². The second-order valence-electron chi connectivity index (χ2n) is 6.80. The summed E-state index contributed by atoms with van der Waals surface area (Å²) in [5.41, 5.74) is 1.27. The minimum Gasteiger partial charge on any atom is -0.457 e. The van der Waals surface area contributed by atoms with Gasteiger partial charge in [-0.1, -0.05) is 23.7 Å². The Balaban J connectivity index is 1.47. The predicted molar refractivity (Wildman–Crippen MR) is 122 cm³/mol. The van der Waals surface area contributed by atoms with Crippen LogP contribution in [-0.4, -0.2) is 28.5 Å². The van der Waals surface area contributed by atoms with Gasteiger partial charge in [-0.3, -0.25) is 19.3 Å². The summed E-state index contributed by atoms with van der Waals surface area (Å²) in [6.07, 6.45) is 1.40. The third-order valence-corrected chi connectivity index (χ3v) is 5.79. The molecule has 7 nitrogen and oxygen atoms in total. The van der Waals surface area contributed by atoms with E-state index in [1.165, 1.54) is 18.2 Å². The molecule has 0 bridgehead atoms. The molecule has 3 aromatic rings. The van der Waals surface area contributed by atoms with Gasteiger partial charge >= 0.3 is 0 Å². The number of amides is 3. The number of rotatable bonds is 5. The zero-order valence-electron chi connectivity index (χ0n) is 16.7. The van der Waals surface area contributed by atoms with Crippen LogP contribution in [0.2, 0.25) is 5.02 Å². The number of anilines is 1. The molecule has 1 aliphatic heterocycles. The van der Waals surface area contributed by atoms with Gasteiger partial charge < -0.3 is 9.73 Å². The molecule has 4 rings (SSSR count). The Morgan fingerprint density at radius 2 is 2.00 bits per heavy atom. The van der Waals surface area contributed by atoms with Crippen molar-refractivity contribution in [2.45, 2.75) is 0 Å². The van der Waals surface area contributed by atoms with Crippen LogP contribution < -0.4 is 5.32 Å². The van der Waals surface area contributed by atoms with Crippen molar-refractivity contribution in [3.05, 3.63) is 81.7 Å². The van der Waals surface area contributed by atoms with Gasteiger partial charge in [-0.2, -0.15) is 5.26 Å². The number of hydrogen-bond acceptors (Lipinski definition) is 6. The Hall–Kier alpha value is -3.87. The molecule has 1 fully saturated rings. The number of carbonyl (C=O) groups is 3. The highest BCUT2D eigenvalue weighted by Crippen LogP contribution is 2.33. The van der Waals surface area contributed by atoms with Gasteiger partial charge in [0.1, 0.15) is 23.9 Å². The number of nitrogens with zero attached hydrogens (tertiary/aromatic N) is 2. The number of nitriles is 1. The Kier molecular flexibility index (Phi) is 6.31. The highest BCUT2D eigenvalue weighted by Gasteiger charge is 2.36. The molecule has 1 aromatic heterocycles. The zero-order valence-corrected chi connectivity index (χ0v) is 18.2. The van der Waals surface area contributed by atoms with Crippen LogP contribution in [0.4, 0.5) is 14.9 Å². The van der Waals surface area contributed by atoms with Gasteiger partial charge in [0.25, 0.3) is 11.1 Å². The van der Waals surface area contributed by atoms with Crippen LogP contribution in [-0.2, 0) is 9.59 Å². The molecule has 0 atom stereocenters. The van der Waals surface area contributed by atoms with E-state index in [0.717, 1.165) is 11.0 Å². The fraction of sp³-hybridized carbons (Fsp3) is 0.0435. The van der Waals surface area contributed by atoms with E-state index in [9.17, 15) is 24.0 Å². The summed E-state index contributed by atoms with van der Waals surface area (Å²) in [6.45, 7) is -0.518. The summed E-state index contributed by atoms with van der Waals surface area (Å²) in [6, 6.07) is 15.9. The molecule has 0 saturated carbocycles. The first-order chi connectivity index (χ1) is 15.9. The Morgan fingerprint density at radius 1 is 1.21 bits per heavy atom. The smallest absolute Gasteiger partial charge is 0.294 e. The molecule has 10 heteroatoms. The highest BCUT2D eigenvalue weighted by atomic mass is 35.5. The van der Waals surface area contributed by atoms with Gasteiger partial charge in [0.05, 0.1) is 21.6 Å². The van der Waals surface area contributed by atoms with Crippen molar-refractivity contribution >= 4 is 52.2 Å². The third-order valence-electron chi connectivity index (χ3n) is 4.59. The fourth-order valence-corrected chi connectivity index (χ4v) is 4.05. The lowest BCUT2D eigenvalue weighted by molar-refractivity contribution is -0.127. The normalized spacial score (nSPS) is 14.6. The van der Waals surface area contributed by atoms with E-state index in [-0.39, 0.29) is 15.6 Å². The zero-order chi connectivity index (χ0) is 23.5. The van der Waals surface area contributed by atoms with Crippen LogP contribution in [0.25, 0.3) is 17.4 Å². The minimum atomic E-state index is -0.646. The molecule has 0 radical (unpaired) electrons. The monoisotopic (exact) mass is 481 g/mol. The second-order valence-corrected chi connectivity index (χ2v) is 8.20. The van der Waals surface area contributed by atoms with Crippen molar-refractivity contribution in [3.63, 3.8) is 0 Å². The molecule has 0 aliphatic carbocycles. The van der Waals surface area contributed by atoms with E-state index in [1.807, 2.05) is 0 Å². The van der Waals surface area contributed by atoms with Gasteiger partial charge in [-0.05, 0) is 54.2 Å². The van der Waals surface area contributed by atoms with Crippen molar-refractivity contribution in [1.82, 2.24) is 4.90 Å². The molecule has 1 aliphatic rings. The molecule has 3 amide bonds. The quantitative estimate of drug-likeness (QED) is 0.497. The Morgan fingerprint density at radius 3 is 2.76 bits per heavy atom. The van der Waals surface area contributed by atoms with Crippen molar-refractivity contribution in [2.24, 2.45) is 0 Å². The number of halogens is 2. The standard InChI is InChI=1S/C23H13ClFN3O4S/c24-17-9-14(5-7-18(17)25)27-21(29)12-28-22(30)20(33-23(28)31)10-15-6-8-19(32-15)16-4-2-1-3-13(16)11-26/h1-10H,12H2,(H,27,29)/b20-10+. The van der Waals surface area contributed by atoms with Gasteiger partial charge in [-0.15, -0.1) is 0 Å². The number of carbonyl (C=O) groups excluding carboxylic acids is 3. The average Bonchev–Trinajstić information content (AvgIpc) is 3.36. The van der Waals surface area contributed by atoms with Crippen molar-refractivity contribution in [1.29, 1.82) is 5.26 Å². The number of thioether (sulfide) groups is 1. The lowest BCUT2D eigenvalue weighted by Gasteiger charge is -2.12. The Bertz CT molecular complexity index is 1360. The predicted octanol–water partition coefficient (Wildman–Crippen LogP) is 5.29. The molecule has 164 valence electrons. The fourth-order valence-electron chi connectivity index (χ4n) is 3.05. The maximum Gasteiger partial charge on any atom is 0.294 e. The van der Waals surface area contributed by atoms with Crippen LogP contribution in [0.5, 0.6) is 0 Å². The molecule has 0 unspecified atom stereocenters. The summed E-state index contributed by atoms with van der Waals surface area (Å²) in [5, 5.41) is 10.9. The number of hydrogen-bond donors (Lipinski definition) is 1. The maximum atomic E-state index is 13.3.